The number of nitrogen functional groups attached to an aromatic ring is 1. The molecule has 0 heterocycles. The molecule has 5 heteroatoms. The van der Waals surface area contributed by atoms with Crippen molar-refractivity contribution < 1.29 is 8.78 Å². The van der Waals surface area contributed by atoms with E-state index in [1.54, 1.807) is 12.1 Å². The van der Waals surface area contributed by atoms with Gasteiger partial charge in [0.25, 0.3) is 0 Å². The number of hydrogen-bond acceptors (Lipinski definition) is 3. The van der Waals surface area contributed by atoms with Crippen molar-refractivity contribution >= 4 is 22.7 Å². The van der Waals surface area contributed by atoms with Gasteiger partial charge in [0, 0.05) is 25.5 Å². The third-order valence-electron chi connectivity index (χ3n) is 2.78. The van der Waals surface area contributed by atoms with Crippen LogP contribution in [0.5, 0.6) is 0 Å². The van der Waals surface area contributed by atoms with Crippen LogP contribution in [0, 0.1) is 11.6 Å². The summed E-state index contributed by atoms with van der Waals surface area (Å²) in [6, 6.07) is 9.63. The third-order valence-corrected chi connectivity index (χ3v) is 2.78. The standard InChI is InChI=1S/C14H15F2N3/c1-19(2)10-5-3-9(4-6-10)18-14-12(17)8-7-11(15)13(14)16/h3-8,18H,17H2,1-2H3. The lowest BCUT2D eigenvalue weighted by molar-refractivity contribution is 0.512. The van der Waals surface area contributed by atoms with Gasteiger partial charge in [-0.05, 0) is 36.4 Å². The second-order valence-corrected chi connectivity index (χ2v) is 4.39. The first kappa shape index (κ1) is 13.1. The lowest BCUT2D eigenvalue weighted by Crippen LogP contribution is -2.08. The van der Waals surface area contributed by atoms with E-state index in [0.29, 0.717) is 5.69 Å². The maximum absolute atomic E-state index is 13.6. The highest BCUT2D eigenvalue weighted by Gasteiger charge is 2.11. The Bertz CT molecular complexity index is 580. The first-order chi connectivity index (χ1) is 8.99. The number of rotatable bonds is 3. The first-order valence-electron chi connectivity index (χ1n) is 5.77. The van der Waals surface area contributed by atoms with E-state index in [-0.39, 0.29) is 11.4 Å². The molecule has 2 rings (SSSR count). The molecule has 0 atom stereocenters. The van der Waals surface area contributed by atoms with Crippen molar-refractivity contribution in [3.8, 4) is 0 Å². The molecule has 0 spiro atoms. The monoisotopic (exact) mass is 263 g/mol. The van der Waals surface area contributed by atoms with Crippen LogP contribution in [-0.4, -0.2) is 14.1 Å². The van der Waals surface area contributed by atoms with Crippen LogP contribution in [0.2, 0.25) is 0 Å². The summed E-state index contributed by atoms with van der Waals surface area (Å²) in [5, 5.41) is 2.79. The van der Waals surface area contributed by atoms with Crippen molar-refractivity contribution in [2.45, 2.75) is 0 Å². The van der Waals surface area contributed by atoms with E-state index in [1.165, 1.54) is 6.07 Å². The van der Waals surface area contributed by atoms with Gasteiger partial charge in [0.05, 0.1) is 5.69 Å². The Morgan fingerprint density at radius 1 is 1.00 bits per heavy atom. The minimum Gasteiger partial charge on any atom is -0.397 e. The number of benzene rings is 2. The summed E-state index contributed by atoms with van der Waals surface area (Å²) in [6.45, 7) is 0. The van der Waals surface area contributed by atoms with Crippen molar-refractivity contribution in [1.29, 1.82) is 0 Å². The van der Waals surface area contributed by atoms with Crippen LogP contribution in [0.3, 0.4) is 0 Å². The van der Waals surface area contributed by atoms with E-state index in [0.717, 1.165) is 11.8 Å². The van der Waals surface area contributed by atoms with Crippen LogP contribution in [-0.2, 0) is 0 Å². The zero-order valence-corrected chi connectivity index (χ0v) is 10.7. The fraction of sp³-hybridized carbons (Fsp3) is 0.143. The highest BCUT2D eigenvalue weighted by atomic mass is 19.2. The van der Waals surface area contributed by atoms with Gasteiger partial charge in [0.1, 0.15) is 5.69 Å². The first-order valence-corrected chi connectivity index (χ1v) is 5.77. The van der Waals surface area contributed by atoms with Crippen molar-refractivity contribution in [3.05, 3.63) is 48.0 Å². The van der Waals surface area contributed by atoms with E-state index in [2.05, 4.69) is 5.32 Å². The van der Waals surface area contributed by atoms with Crippen LogP contribution in [0.1, 0.15) is 0 Å². The Morgan fingerprint density at radius 3 is 2.21 bits per heavy atom. The van der Waals surface area contributed by atoms with E-state index >= 15 is 0 Å². The predicted octanol–water partition coefficient (Wildman–Crippen LogP) is 3.36. The molecular formula is C14H15F2N3. The number of anilines is 4. The molecule has 0 saturated carbocycles. The van der Waals surface area contributed by atoms with Crippen LogP contribution in [0.25, 0.3) is 0 Å². The maximum atomic E-state index is 13.6. The van der Waals surface area contributed by atoms with E-state index in [1.807, 2.05) is 31.1 Å². The van der Waals surface area contributed by atoms with E-state index < -0.39 is 11.6 Å². The molecule has 19 heavy (non-hydrogen) atoms. The van der Waals surface area contributed by atoms with Gasteiger partial charge < -0.3 is 16.0 Å². The Kier molecular flexibility index (Phi) is 3.55. The molecule has 2 aromatic carbocycles. The fourth-order valence-corrected chi connectivity index (χ4v) is 1.68. The molecule has 0 aliphatic rings. The summed E-state index contributed by atoms with van der Waals surface area (Å²) < 4.78 is 26.8. The molecule has 2 aromatic rings. The average Bonchev–Trinajstić information content (AvgIpc) is 2.40. The maximum Gasteiger partial charge on any atom is 0.184 e. The van der Waals surface area contributed by atoms with Crippen LogP contribution in [0.4, 0.5) is 31.5 Å². The van der Waals surface area contributed by atoms with Crippen LogP contribution in [0.15, 0.2) is 36.4 Å². The predicted molar refractivity (Wildman–Crippen MR) is 74.8 cm³/mol. The molecule has 0 bridgehead atoms. The molecule has 0 unspecified atom stereocenters. The van der Waals surface area contributed by atoms with Crippen LogP contribution >= 0.6 is 0 Å². The summed E-state index contributed by atoms with van der Waals surface area (Å²) in [6.07, 6.45) is 0. The Hall–Kier alpha value is -2.30. The SMILES string of the molecule is CN(C)c1ccc(Nc2c(N)ccc(F)c2F)cc1. The number of nitrogens with one attached hydrogen (secondary N) is 1. The smallest absolute Gasteiger partial charge is 0.184 e. The molecule has 3 nitrogen and oxygen atoms in total. The average molecular weight is 263 g/mol. The zero-order chi connectivity index (χ0) is 14.0. The number of nitrogens with zero attached hydrogens (tertiary/aromatic N) is 1. The quantitative estimate of drug-likeness (QED) is 0.834. The molecule has 0 saturated heterocycles. The third kappa shape index (κ3) is 2.76. The number of hydrogen-bond donors (Lipinski definition) is 2. The topological polar surface area (TPSA) is 41.3 Å². The van der Waals surface area contributed by atoms with E-state index in [4.69, 9.17) is 5.73 Å². The van der Waals surface area contributed by atoms with Crippen molar-refractivity contribution in [3.63, 3.8) is 0 Å². The Labute approximate surface area is 110 Å². The summed E-state index contributed by atoms with van der Waals surface area (Å²) >= 11 is 0. The van der Waals surface area contributed by atoms with Crippen LogP contribution < -0.4 is 16.0 Å². The lowest BCUT2D eigenvalue weighted by atomic mass is 10.2. The van der Waals surface area contributed by atoms with Crippen molar-refractivity contribution in [2.75, 3.05) is 30.0 Å². The Morgan fingerprint density at radius 2 is 1.63 bits per heavy atom. The van der Waals surface area contributed by atoms with Gasteiger partial charge in [-0.1, -0.05) is 0 Å². The normalized spacial score (nSPS) is 10.3. The molecule has 100 valence electrons. The molecule has 0 fully saturated rings. The minimum atomic E-state index is -0.975. The second-order valence-electron chi connectivity index (χ2n) is 4.39. The summed E-state index contributed by atoms with van der Waals surface area (Å²) in [5.74, 6) is -1.90. The largest absolute Gasteiger partial charge is 0.397 e. The van der Waals surface area contributed by atoms with Gasteiger partial charge in [-0.25, -0.2) is 8.78 Å². The van der Waals surface area contributed by atoms with Gasteiger partial charge in [-0.2, -0.15) is 0 Å². The van der Waals surface area contributed by atoms with Gasteiger partial charge in [-0.15, -0.1) is 0 Å². The molecular weight excluding hydrogens is 248 g/mol. The molecule has 0 amide bonds. The van der Waals surface area contributed by atoms with Gasteiger partial charge in [-0.3, -0.25) is 0 Å². The zero-order valence-electron chi connectivity index (χ0n) is 10.7. The van der Waals surface area contributed by atoms with Gasteiger partial charge in [0.15, 0.2) is 11.6 Å². The summed E-state index contributed by atoms with van der Waals surface area (Å²) in [7, 11) is 3.85. The van der Waals surface area contributed by atoms with E-state index in [9.17, 15) is 8.78 Å². The molecule has 0 aromatic heterocycles. The van der Waals surface area contributed by atoms with Crippen molar-refractivity contribution in [1.82, 2.24) is 0 Å². The fourth-order valence-electron chi connectivity index (χ4n) is 1.68. The highest BCUT2D eigenvalue weighted by molar-refractivity contribution is 5.73. The second kappa shape index (κ2) is 5.14. The molecule has 0 aliphatic carbocycles. The molecule has 0 aliphatic heterocycles. The van der Waals surface area contributed by atoms with Gasteiger partial charge >= 0.3 is 0 Å². The molecule has 3 N–H and O–H groups in total. The molecule has 0 radical (unpaired) electrons. The number of nitrogens with two attached hydrogens (primary N) is 1. The minimum absolute atomic E-state index is 0.0439. The highest BCUT2D eigenvalue weighted by Crippen LogP contribution is 2.28. The van der Waals surface area contributed by atoms with Crippen molar-refractivity contribution in [2.24, 2.45) is 0 Å². The van der Waals surface area contributed by atoms with Gasteiger partial charge in [0.2, 0.25) is 0 Å². The Balaban J connectivity index is 2.29. The lowest BCUT2D eigenvalue weighted by Gasteiger charge is -2.14. The number of halogens is 2. The summed E-state index contributed by atoms with van der Waals surface area (Å²) in [4.78, 5) is 1.95. The summed E-state index contributed by atoms with van der Waals surface area (Å²) in [5.41, 5.74) is 7.41.